The summed E-state index contributed by atoms with van der Waals surface area (Å²) in [7, 11) is 1.62. The number of ether oxygens (including phenoxy) is 1. The third kappa shape index (κ3) is 4.58. The van der Waals surface area contributed by atoms with Crippen molar-refractivity contribution >= 4 is 34.5 Å². The number of carbonyl (C=O) groups is 1. The summed E-state index contributed by atoms with van der Waals surface area (Å²) < 4.78 is 5.08. The smallest absolute Gasteiger partial charge is 0.225 e. The van der Waals surface area contributed by atoms with Gasteiger partial charge in [-0.3, -0.25) is 4.79 Å². The average molecular weight is 473 g/mol. The van der Waals surface area contributed by atoms with Gasteiger partial charge in [-0.2, -0.15) is 0 Å². The van der Waals surface area contributed by atoms with Gasteiger partial charge < -0.3 is 20.3 Å². The lowest BCUT2D eigenvalue weighted by Gasteiger charge is -2.41. The van der Waals surface area contributed by atoms with Crippen molar-refractivity contribution in [3.63, 3.8) is 0 Å². The van der Waals surface area contributed by atoms with Gasteiger partial charge in [0.25, 0.3) is 0 Å². The standard InChI is InChI=1S/C27H32N6O2/c1-4-19-14-21(20-6-5-10-29-26(20)30-19)22-15-23(28)27(31-25(22)18-7-8-18)32-11-12-33(17(2)16-32)24(34)9-13-35-3/h4-6,10,14-15,17-18H,1,7-9,11-13,16,28H2,2-3H3/t17-/m1/s1. The van der Waals surface area contributed by atoms with Crippen LogP contribution < -0.4 is 10.6 Å². The highest BCUT2D eigenvalue weighted by molar-refractivity contribution is 5.95. The normalized spacial score (nSPS) is 18.2. The Hall–Kier alpha value is -3.52. The molecule has 5 rings (SSSR count). The summed E-state index contributed by atoms with van der Waals surface area (Å²) in [6, 6.07) is 8.15. The second kappa shape index (κ2) is 9.62. The van der Waals surface area contributed by atoms with E-state index in [4.69, 9.17) is 15.5 Å². The molecule has 4 heterocycles. The van der Waals surface area contributed by atoms with Crippen molar-refractivity contribution < 1.29 is 9.53 Å². The SMILES string of the molecule is C=Cc1cc(-c2cc(N)c(N3CCN(C(=O)CCOC)[C@H](C)C3)nc2C2CC2)c2cccnc2n1. The van der Waals surface area contributed by atoms with Crippen LogP contribution in [0.15, 0.2) is 37.0 Å². The molecule has 3 aromatic rings. The molecular formula is C27H32N6O2. The molecule has 3 aromatic heterocycles. The van der Waals surface area contributed by atoms with Gasteiger partial charge in [-0.05, 0) is 55.7 Å². The lowest BCUT2D eigenvalue weighted by molar-refractivity contribution is -0.134. The van der Waals surface area contributed by atoms with Crippen molar-refractivity contribution in [2.45, 2.75) is 38.1 Å². The van der Waals surface area contributed by atoms with Gasteiger partial charge in [0.1, 0.15) is 0 Å². The van der Waals surface area contributed by atoms with E-state index in [2.05, 4.69) is 34.4 Å². The van der Waals surface area contributed by atoms with Gasteiger partial charge in [-0.15, -0.1) is 0 Å². The number of nitrogens with zero attached hydrogens (tertiary/aromatic N) is 5. The predicted octanol–water partition coefficient (Wildman–Crippen LogP) is 3.87. The monoisotopic (exact) mass is 472 g/mol. The van der Waals surface area contributed by atoms with E-state index in [0.717, 1.165) is 46.6 Å². The first-order chi connectivity index (χ1) is 17.0. The van der Waals surface area contributed by atoms with Gasteiger partial charge in [-0.1, -0.05) is 6.58 Å². The first-order valence-electron chi connectivity index (χ1n) is 12.2. The molecule has 1 aliphatic carbocycles. The molecule has 0 unspecified atom stereocenters. The highest BCUT2D eigenvalue weighted by atomic mass is 16.5. The number of carbonyl (C=O) groups excluding carboxylic acids is 1. The highest BCUT2D eigenvalue weighted by Crippen LogP contribution is 2.46. The second-order valence-electron chi connectivity index (χ2n) is 9.41. The van der Waals surface area contributed by atoms with Crippen molar-refractivity contribution in [1.29, 1.82) is 0 Å². The number of pyridine rings is 3. The summed E-state index contributed by atoms with van der Waals surface area (Å²) in [5.74, 6) is 1.36. The maximum Gasteiger partial charge on any atom is 0.225 e. The van der Waals surface area contributed by atoms with Gasteiger partial charge in [0.05, 0.1) is 30.1 Å². The van der Waals surface area contributed by atoms with E-state index in [9.17, 15) is 4.79 Å². The quantitative estimate of drug-likeness (QED) is 0.557. The van der Waals surface area contributed by atoms with Crippen LogP contribution >= 0.6 is 0 Å². The van der Waals surface area contributed by atoms with Gasteiger partial charge in [0.2, 0.25) is 5.91 Å². The minimum Gasteiger partial charge on any atom is -0.396 e. The number of anilines is 2. The number of methoxy groups -OCH3 is 1. The molecule has 35 heavy (non-hydrogen) atoms. The largest absolute Gasteiger partial charge is 0.396 e. The summed E-state index contributed by atoms with van der Waals surface area (Å²) in [4.78, 5) is 31.0. The molecule has 182 valence electrons. The lowest BCUT2D eigenvalue weighted by atomic mass is 9.97. The zero-order valence-electron chi connectivity index (χ0n) is 20.4. The fourth-order valence-corrected chi connectivity index (χ4v) is 4.93. The molecule has 1 saturated carbocycles. The fourth-order valence-electron chi connectivity index (χ4n) is 4.93. The number of nitrogens with two attached hydrogens (primary N) is 1. The number of fused-ring (bicyclic) bond motifs is 1. The van der Waals surface area contributed by atoms with E-state index >= 15 is 0 Å². The van der Waals surface area contributed by atoms with Crippen molar-refractivity contribution in [2.75, 3.05) is 44.0 Å². The van der Waals surface area contributed by atoms with Crippen molar-refractivity contribution in [3.05, 3.63) is 48.4 Å². The Morgan fingerprint density at radius 1 is 1.26 bits per heavy atom. The molecule has 8 nitrogen and oxygen atoms in total. The number of hydrogen-bond acceptors (Lipinski definition) is 7. The number of nitrogen functional groups attached to an aromatic ring is 1. The second-order valence-corrected chi connectivity index (χ2v) is 9.41. The lowest BCUT2D eigenvalue weighted by Crippen LogP contribution is -2.54. The van der Waals surface area contributed by atoms with E-state index in [1.165, 1.54) is 0 Å². The van der Waals surface area contributed by atoms with Crippen LogP contribution in [0.2, 0.25) is 0 Å². The molecule has 2 N–H and O–H groups in total. The van der Waals surface area contributed by atoms with E-state index in [1.54, 1.807) is 19.4 Å². The van der Waals surface area contributed by atoms with E-state index in [-0.39, 0.29) is 11.9 Å². The summed E-state index contributed by atoms with van der Waals surface area (Å²) in [5.41, 5.74) is 11.9. The number of rotatable bonds is 7. The van der Waals surface area contributed by atoms with Crippen molar-refractivity contribution in [3.8, 4) is 11.1 Å². The molecule has 0 radical (unpaired) electrons. The minimum atomic E-state index is 0.0729. The molecule has 1 atom stereocenters. The summed E-state index contributed by atoms with van der Waals surface area (Å²) >= 11 is 0. The molecule has 1 aliphatic heterocycles. The topological polar surface area (TPSA) is 97.5 Å². The van der Waals surface area contributed by atoms with Crippen LogP contribution in [0.25, 0.3) is 28.2 Å². The maximum atomic E-state index is 12.6. The first-order valence-corrected chi connectivity index (χ1v) is 12.2. The zero-order chi connectivity index (χ0) is 24.5. The molecule has 0 aromatic carbocycles. The molecule has 2 fully saturated rings. The predicted molar refractivity (Wildman–Crippen MR) is 139 cm³/mol. The Balaban J connectivity index is 1.50. The molecule has 8 heteroatoms. The van der Waals surface area contributed by atoms with E-state index in [0.29, 0.717) is 49.9 Å². The Kier molecular flexibility index (Phi) is 6.38. The van der Waals surface area contributed by atoms with Crippen molar-refractivity contribution in [1.82, 2.24) is 19.9 Å². The van der Waals surface area contributed by atoms with Gasteiger partial charge >= 0.3 is 0 Å². The van der Waals surface area contributed by atoms with Crippen molar-refractivity contribution in [2.24, 2.45) is 0 Å². The molecule has 0 spiro atoms. The Morgan fingerprint density at radius 2 is 2.09 bits per heavy atom. The zero-order valence-corrected chi connectivity index (χ0v) is 20.4. The first kappa shape index (κ1) is 23.2. The molecular weight excluding hydrogens is 440 g/mol. The average Bonchev–Trinajstić information content (AvgIpc) is 3.71. The van der Waals surface area contributed by atoms with Crippen LogP contribution in [-0.4, -0.2) is 65.2 Å². The van der Waals surface area contributed by atoms with Gasteiger partial charge in [0.15, 0.2) is 11.5 Å². The Labute approximate surface area is 205 Å². The molecule has 1 amide bonds. The highest BCUT2D eigenvalue weighted by Gasteiger charge is 2.33. The fraction of sp³-hybridized carbons (Fsp3) is 0.407. The third-order valence-corrected chi connectivity index (χ3v) is 6.90. The third-order valence-electron chi connectivity index (χ3n) is 6.90. The van der Waals surface area contributed by atoms with Crippen LogP contribution in [0.3, 0.4) is 0 Å². The summed E-state index contributed by atoms with van der Waals surface area (Å²) in [5, 5.41) is 0.978. The van der Waals surface area contributed by atoms with Crippen LogP contribution in [-0.2, 0) is 9.53 Å². The van der Waals surface area contributed by atoms with Crippen LogP contribution in [0.5, 0.6) is 0 Å². The number of aromatic nitrogens is 3. The number of amides is 1. The van der Waals surface area contributed by atoms with E-state index < -0.39 is 0 Å². The Bertz CT molecular complexity index is 1270. The number of hydrogen-bond donors (Lipinski definition) is 1. The van der Waals surface area contributed by atoms with Gasteiger partial charge in [0, 0.05) is 55.9 Å². The van der Waals surface area contributed by atoms with Gasteiger partial charge in [-0.25, -0.2) is 15.0 Å². The Morgan fingerprint density at radius 3 is 2.80 bits per heavy atom. The molecule has 0 bridgehead atoms. The number of piperazine rings is 1. The van der Waals surface area contributed by atoms with Crippen LogP contribution in [0.4, 0.5) is 11.5 Å². The van der Waals surface area contributed by atoms with Crippen LogP contribution in [0.1, 0.15) is 43.5 Å². The summed E-state index contributed by atoms with van der Waals surface area (Å²) in [6.45, 7) is 8.47. The van der Waals surface area contributed by atoms with Crippen LogP contribution in [0, 0.1) is 0 Å². The molecule has 2 aliphatic rings. The minimum absolute atomic E-state index is 0.0729. The molecule has 1 saturated heterocycles. The maximum absolute atomic E-state index is 12.6. The summed E-state index contributed by atoms with van der Waals surface area (Å²) in [6.07, 6.45) is 6.15. The van der Waals surface area contributed by atoms with E-state index in [1.807, 2.05) is 23.1 Å².